The maximum absolute atomic E-state index is 12.9. The van der Waals surface area contributed by atoms with E-state index in [1.807, 2.05) is 6.07 Å². The average molecular weight is 291 g/mol. The Morgan fingerprint density at radius 3 is 2.43 bits per heavy atom. The summed E-state index contributed by atoms with van der Waals surface area (Å²) in [6.07, 6.45) is -3.15. The van der Waals surface area contributed by atoms with Gasteiger partial charge in [0.2, 0.25) is 0 Å². The Balaban J connectivity index is 2.23. The highest BCUT2D eigenvalue weighted by molar-refractivity contribution is 5.47. The van der Waals surface area contributed by atoms with Crippen LogP contribution in [-0.2, 0) is 6.18 Å². The summed E-state index contributed by atoms with van der Waals surface area (Å²) in [7, 11) is 0. The first-order valence-corrected chi connectivity index (χ1v) is 6.20. The van der Waals surface area contributed by atoms with Gasteiger partial charge < -0.3 is 5.32 Å². The van der Waals surface area contributed by atoms with Crippen LogP contribution >= 0.6 is 0 Å². The Kier molecular flexibility index (Phi) is 4.13. The van der Waals surface area contributed by atoms with Gasteiger partial charge >= 0.3 is 6.18 Å². The van der Waals surface area contributed by atoms with E-state index in [0.717, 1.165) is 11.6 Å². The number of benzene rings is 1. The SMILES string of the molecule is CC(Nc1ncccc1C(F)(F)F)c1ccc(C#N)cc1. The van der Waals surface area contributed by atoms with Gasteiger partial charge in [-0.3, -0.25) is 0 Å². The normalized spacial score (nSPS) is 12.5. The predicted octanol–water partition coefficient (Wildman–Crippen LogP) is 4.15. The minimum atomic E-state index is -4.46. The second-order valence-electron chi connectivity index (χ2n) is 4.50. The molecule has 3 nitrogen and oxygen atoms in total. The zero-order valence-corrected chi connectivity index (χ0v) is 11.1. The van der Waals surface area contributed by atoms with Crippen LogP contribution in [0, 0.1) is 11.3 Å². The first kappa shape index (κ1) is 14.9. The molecule has 6 heteroatoms. The molecular formula is C15H12F3N3. The van der Waals surface area contributed by atoms with Gasteiger partial charge in [0.25, 0.3) is 0 Å². The van der Waals surface area contributed by atoms with Gasteiger partial charge in [-0.2, -0.15) is 18.4 Å². The fourth-order valence-electron chi connectivity index (χ4n) is 1.88. The third-order valence-corrected chi connectivity index (χ3v) is 3.01. The molecule has 0 bridgehead atoms. The van der Waals surface area contributed by atoms with Crippen LogP contribution in [0.2, 0.25) is 0 Å². The lowest BCUT2D eigenvalue weighted by Crippen LogP contribution is -2.14. The summed E-state index contributed by atoms with van der Waals surface area (Å²) in [5.41, 5.74) is 0.470. The van der Waals surface area contributed by atoms with E-state index in [2.05, 4.69) is 10.3 Å². The number of hydrogen-bond acceptors (Lipinski definition) is 3. The summed E-state index contributed by atoms with van der Waals surface area (Å²) in [6, 6.07) is 10.5. The topological polar surface area (TPSA) is 48.7 Å². The van der Waals surface area contributed by atoms with Gasteiger partial charge in [-0.1, -0.05) is 12.1 Å². The summed E-state index contributed by atoms with van der Waals surface area (Å²) >= 11 is 0. The first-order chi connectivity index (χ1) is 9.91. The van der Waals surface area contributed by atoms with E-state index in [1.165, 1.54) is 12.3 Å². The Morgan fingerprint density at radius 2 is 1.86 bits per heavy atom. The lowest BCUT2D eigenvalue weighted by molar-refractivity contribution is -0.137. The fourth-order valence-corrected chi connectivity index (χ4v) is 1.88. The van der Waals surface area contributed by atoms with Gasteiger partial charge in [-0.25, -0.2) is 4.98 Å². The van der Waals surface area contributed by atoms with Crippen LogP contribution in [-0.4, -0.2) is 4.98 Å². The quantitative estimate of drug-likeness (QED) is 0.924. The summed E-state index contributed by atoms with van der Waals surface area (Å²) in [5.74, 6) is -0.207. The number of nitrogens with zero attached hydrogens (tertiary/aromatic N) is 2. The first-order valence-electron chi connectivity index (χ1n) is 6.20. The van der Waals surface area contributed by atoms with E-state index in [9.17, 15) is 13.2 Å². The molecule has 0 amide bonds. The Labute approximate surface area is 120 Å². The number of halogens is 3. The molecule has 1 N–H and O–H groups in total. The van der Waals surface area contributed by atoms with Crippen LogP contribution < -0.4 is 5.32 Å². The predicted molar refractivity (Wildman–Crippen MR) is 72.4 cm³/mol. The van der Waals surface area contributed by atoms with Gasteiger partial charge in [0.1, 0.15) is 5.82 Å². The van der Waals surface area contributed by atoms with Crippen LogP contribution in [0.4, 0.5) is 19.0 Å². The molecular weight excluding hydrogens is 279 g/mol. The van der Waals surface area contributed by atoms with E-state index in [0.29, 0.717) is 5.56 Å². The number of rotatable bonds is 3. The second kappa shape index (κ2) is 5.83. The van der Waals surface area contributed by atoms with Gasteiger partial charge in [0.15, 0.2) is 0 Å². The molecule has 0 fully saturated rings. The summed E-state index contributed by atoms with van der Waals surface area (Å²) in [6.45, 7) is 1.73. The maximum atomic E-state index is 12.9. The van der Waals surface area contributed by atoms with Crippen molar-refractivity contribution in [1.82, 2.24) is 4.98 Å². The largest absolute Gasteiger partial charge is 0.419 e. The Bertz CT molecular complexity index is 657. The molecule has 0 saturated heterocycles. The molecule has 2 aromatic rings. The lowest BCUT2D eigenvalue weighted by Gasteiger charge is -2.18. The van der Waals surface area contributed by atoms with Crippen LogP contribution in [0.1, 0.15) is 29.7 Å². The average Bonchev–Trinajstić information content (AvgIpc) is 2.47. The van der Waals surface area contributed by atoms with Crippen LogP contribution in [0.15, 0.2) is 42.6 Å². The molecule has 2 rings (SSSR count). The third kappa shape index (κ3) is 3.51. The van der Waals surface area contributed by atoms with Crippen molar-refractivity contribution in [3.63, 3.8) is 0 Å². The van der Waals surface area contributed by atoms with Crippen molar-refractivity contribution in [2.45, 2.75) is 19.1 Å². The van der Waals surface area contributed by atoms with Crippen molar-refractivity contribution >= 4 is 5.82 Å². The van der Waals surface area contributed by atoms with Crippen molar-refractivity contribution in [2.75, 3.05) is 5.32 Å². The van der Waals surface area contributed by atoms with Gasteiger partial charge in [0, 0.05) is 12.2 Å². The number of pyridine rings is 1. The number of nitriles is 1. The highest BCUT2D eigenvalue weighted by atomic mass is 19.4. The molecule has 1 atom stereocenters. The summed E-state index contributed by atoms with van der Waals surface area (Å²) in [5, 5.41) is 11.5. The van der Waals surface area contributed by atoms with Crippen molar-refractivity contribution in [3.8, 4) is 6.07 Å². The molecule has 0 saturated carbocycles. The molecule has 0 radical (unpaired) electrons. The van der Waals surface area contributed by atoms with E-state index in [1.54, 1.807) is 31.2 Å². The van der Waals surface area contributed by atoms with Crippen LogP contribution in [0.25, 0.3) is 0 Å². The monoisotopic (exact) mass is 291 g/mol. The number of aromatic nitrogens is 1. The Hall–Kier alpha value is -2.55. The zero-order chi connectivity index (χ0) is 15.5. The fraction of sp³-hybridized carbons (Fsp3) is 0.200. The van der Waals surface area contributed by atoms with E-state index < -0.39 is 11.7 Å². The van der Waals surface area contributed by atoms with E-state index in [4.69, 9.17) is 5.26 Å². The number of nitrogens with one attached hydrogen (secondary N) is 1. The molecule has 0 aliphatic heterocycles. The molecule has 0 aliphatic carbocycles. The van der Waals surface area contributed by atoms with Crippen LogP contribution in [0.5, 0.6) is 0 Å². The second-order valence-corrected chi connectivity index (χ2v) is 4.50. The summed E-state index contributed by atoms with van der Waals surface area (Å²) < 4.78 is 38.7. The molecule has 1 unspecified atom stereocenters. The van der Waals surface area contributed by atoms with Gasteiger partial charge in [0.05, 0.1) is 17.2 Å². The molecule has 1 aromatic carbocycles. The zero-order valence-electron chi connectivity index (χ0n) is 11.1. The summed E-state index contributed by atoms with van der Waals surface area (Å²) in [4.78, 5) is 3.76. The van der Waals surface area contributed by atoms with Crippen molar-refractivity contribution < 1.29 is 13.2 Å². The molecule has 1 heterocycles. The van der Waals surface area contributed by atoms with Gasteiger partial charge in [-0.15, -0.1) is 0 Å². The lowest BCUT2D eigenvalue weighted by atomic mass is 10.1. The van der Waals surface area contributed by atoms with Crippen molar-refractivity contribution in [3.05, 3.63) is 59.3 Å². The van der Waals surface area contributed by atoms with Crippen LogP contribution in [0.3, 0.4) is 0 Å². The standard InChI is InChI=1S/C15H12F3N3/c1-10(12-6-4-11(9-19)5-7-12)21-14-13(15(16,17)18)3-2-8-20-14/h2-8,10H,1H3,(H,20,21). The number of anilines is 1. The molecule has 108 valence electrons. The van der Waals surface area contributed by atoms with Gasteiger partial charge in [-0.05, 0) is 36.8 Å². The minimum Gasteiger partial charge on any atom is -0.363 e. The van der Waals surface area contributed by atoms with Crippen molar-refractivity contribution in [1.29, 1.82) is 5.26 Å². The number of hydrogen-bond donors (Lipinski definition) is 1. The van der Waals surface area contributed by atoms with E-state index in [-0.39, 0.29) is 11.9 Å². The third-order valence-electron chi connectivity index (χ3n) is 3.01. The Morgan fingerprint density at radius 1 is 1.19 bits per heavy atom. The highest BCUT2D eigenvalue weighted by Gasteiger charge is 2.34. The molecule has 21 heavy (non-hydrogen) atoms. The smallest absolute Gasteiger partial charge is 0.363 e. The minimum absolute atomic E-state index is 0.207. The van der Waals surface area contributed by atoms with Crippen molar-refractivity contribution in [2.24, 2.45) is 0 Å². The highest BCUT2D eigenvalue weighted by Crippen LogP contribution is 2.34. The molecule has 0 spiro atoms. The maximum Gasteiger partial charge on any atom is 0.419 e. The molecule has 0 aliphatic rings. The molecule has 1 aromatic heterocycles. The van der Waals surface area contributed by atoms with E-state index >= 15 is 0 Å². The number of alkyl halides is 3.